The Bertz CT molecular complexity index is 593. The molecule has 0 heterocycles. The first-order valence-corrected chi connectivity index (χ1v) is 6.78. The zero-order valence-corrected chi connectivity index (χ0v) is 12.1. The molecule has 0 atom stereocenters. The molecule has 2 aromatic carbocycles. The molecule has 0 N–H and O–H groups in total. The summed E-state index contributed by atoms with van der Waals surface area (Å²) < 4.78 is 13.7. The van der Waals surface area contributed by atoms with Crippen LogP contribution in [0, 0.1) is 9.39 Å². The zero-order valence-electron chi connectivity index (χ0n) is 9.91. The van der Waals surface area contributed by atoms with Crippen LogP contribution in [-0.2, 0) is 6.42 Å². The summed E-state index contributed by atoms with van der Waals surface area (Å²) in [6, 6.07) is 11.8. The molecule has 3 heteroatoms. The monoisotopic (exact) mass is 354 g/mol. The third-order valence-electron chi connectivity index (χ3n) is 2.77. The molecule has 92 valence electrons. The number of hydrogen-bond donors (Lipinski definition) is 0. The fraction of sp³-hybridized carbons (Fsp3) is 0.133. The van der Waals surface area contributed by atoms with Crippen molar-refractivity contribution in [3.8, 4) is 0 Å². The second-order valence-corrected chi connectivity index (χ2v) is 5.17. The summed E-state index contributed by atoms with van der Waals surface area (Å²) in [5.41, 5.74) is 2.32. The second kappa shape index (κ2) is 5.61. The maximum absolute atomic E-state index is 13.0. The molecule has 0 radical (unpaired) electrons. The molecular formula is C15H12FIO. The molecule has 18 heavy (non-hydrogen) atoms. The molecule has 0 saturated heterocycles. The summed E-state index contributed by atoms with van der Waals surface area (Å²) in [5, 5.41) is 0. The molecule has 0 fully saturated rings. The highest BCUT2D eigenvalue weighted by Gasteiger charge is 2.13. The molecule has 0 bridgehead atoms. The Morgan fingerprint density at radius 3 is 2.67 bits per heavy atom. The maximum atomic E-state index is 13.0. The van der Waals surface area contributed by atoms with Crippen molar-refractivity contribution in [1.29, 1.82) is 0 Å². The fourth-order valence-corrected chi connectivity index (χ4v) is 2.48. The van der Waals surface area contributed by atoms with Crippen LogP contribution in [0.5, 0.6) is 0 Å². The van der Waals surface area contributed by atoms with Crippen molar-refractivity contribution < 1.29 is 9.18 Å². The molecule has 2 aromatic rings. The Morgan fingerprint density at radius 1 is 1.22 bits per heavy atom. The van der Waals surface area contributed by atoms with Gasteiger partial charge in [-0.3, -0.25) is 4.79 Å². The Labute approximate surface area is 119 Å². The smallest absolute Gasteiger partial charge is 0.194 e. The van der Waals surface area contributed by atoms with Gasteiger partial charge in [0.05, 0.1) is 0 Å². The lowest BCUT2D eigenvalue weighted by molar-refractivity contribution is 0.103. The van der Waals surface area contributed by atoms with Crippen molar-refractivity contribution >= 4 is 28.4 Å². The number of ketones is 1. The lowest BCUT2D eigenvalue weighted by Gasteiger charge is -2.05. The van der Waals surface area contributed by atoms with E-state index in [0.29, 0.717) is 14.7 Å². The van der Waals surface area contributed by atoms with Gasteiger partial charge in [0, 0.05) is 14.7 Å². The molecule has 0 aromatic heterocycles. The Hall–Kier alpha value is -1.23. The van der Waals surface area contributed by atoms with Crippen molar-refractivity contribution in [2.24, 2.45) is 0 Å². The van der Waals surface area contributed by atoms with Gasteiger partial charge in [-0.2, -0.15) is 0 Å². The Kier molecular flexibility index (Phi) is 4.11. The topological polar surface area (TPSA) is 17.1 Å². The Balaban J connectivity index is 2.41. The van der Waals surface area contributed by atoms with Gasteiger partial charge < -0.3 is 0 Å². The molecule has 0 spiro atoms. The maximum Gasteiger partial charge on any atom is 0.194 e. The van der Waals surface area contributed by atoms with Gasteiger partial charge in [0.15, 0.2) is 5.78 Å². The number of aryl methyl sites for hydroxylation is 1. The van der Waals surface area contributed by atoms with Crippen LogP contribution in [0.4, 0.5) is 4.39 Å². The van der Waals surface area contributed by atoms with E-state index >= 15 is 0 Å². The fourth-order valence-electron chi connectivity index (χ4n) is 1.76. The lowest BCUT2D eigenvalue weighted by Crippen LogP contribution is -2.04. The SMILES string of the molecule is CCc1cccc(C(=O)c2ccc(F)cc2I)c1. The van der Waals surface area contributed by atoms with E-state index in [-0.39, 0.29) is 11.6 Å². The van der Waals surface area contributed by atoms with Crippen LogP contribution in [0.2, 0.25) is 0 Å². The lowest BCUT2D eigenvalue weighted by atomic mass is 10.0. The van der Waals surface area contributed by atoms with Crippen LogP contribution < -0.4 is 0 Å². The molecule has 0 aliphatic rings. The van der Waals surface area contributed by atoms with E-state index in [1.54, 1.807) is 6.07 Å². The number of halogens is 2. The van der Waals surface area contributed by atoms with E-state index in [0.717, 1.165) is 12.0 Å². The van der Waals surface area contributed by atoms with Crippen molar-refractivity contribution in [2.75, 3.05) is 0 Å². The largest absolute Gasteiger partial charge is 0.289 e. The number of rotatable bonds is 3. The predicted octanol–water partition coefficient (Wildman–Crippen LogP) is 4.22. The van der Waals surface area contributed by atoms with Gasteiger partial charge in [0.2, 0.25) is 0 Å². The van der Waals surface area contributed by atoms with Gasteiger partial charge in [0.25, 0.3) is 0 Å². The van der Waals surface area contributed by atoms with Crippen molar-refractivity contribution in [3.05, 3.63) is 68.5 Å². The molecule has 0 aliphatic heterocycles. The molecule has 1 nitrogen and oxygen atoms in total. The van der Waals surface area contributed by atoms with Crippen LogP contribution in [-0.4, -0.2) is 5.78 Å². The average Bonchev–Trinajstić information content (AvgIpc) is 2.38. The second-order valence-electron chi connectivity index (χ2n) is 4.01. The van der Waals surface area contributed by atoms with Crippen LogP contribution in [0.3, 0.4) is 0 Å². The number of carbonyl (C=O) groups is 1. The summed E-state index contributed by atoms with van der Waals surface area (Å²) in [6.07, 6.45) is 0.891. The Morgan fingerprint density at radius 2 is 2.00 bits per heavy atom. The van der Waals surface area contributed by atoms with Crippen LogP contribution in [0.1, 0.15) is 28.4 Å². The molecule has 0 amide bonds. The van der Waals surface area contributed by atoms with E-state index in [9.17, 15) is 9.18 Å². The molecule has 0 unspecified atom stereocenters. The zero-order chi connectivity index (χ0) is 13.1. The van der Waals surface area contributed by atoms with Crippen LogP contribution in [0.15, 0.2) is 42.5 Å². The van der Waals surface area contributed by atoms with Crippen LogP contribution in [0.25, 0.3) is 0 Å². The molecule has 0 aliphatic carbocycles. The van der Waals surface area contributed by atoms with Crippen LogP contribution >= 0.6 is 22.6 Å². The summed E-state index contributed by atoms with van der Waals surface area (Å²) >= 11 is 1.99. The normalized spacial score (nSPS) is 10.4. The van der Waals surface area contributed by atoms with Crippen molar-refractivity contribution in [2.45, 2.75) is 13.3 Å². The minimum atomic E-state index is -0.321. The quantitative estimate of drug-likeness (QED) is 0.596. The van der Waals surface area contributed by atoms with Gasteiger partial charge in [-0.15, -0.1) is 0 Å². The third-order valence-corrected chi connectivity index (χ3v) is 3.67. The number of hydrogen-bond acceptors (Lipinski definition) is 1. The van der Waals surface area contributed by atoms with E-state index < -0.39 is 0 Å². The van der Waals surface area contributed by atoms with E-state index in [4.69, 9.17) is 0 Å². The summed E-state index contributed by atoms with van der Waals surface area (Å²) in [5.74, 6) is -0.382. The van der Waals surface area contributed by atoms with Gasteiger partial charge in [-0.25, -0.2) is 4.39 Å². The number of carbonyl (C=O) groups excluding carboxylic acids is 1. The highest BCUT2D eigenvalue weighted by Crippen LogP contribution is 2.18. The molecular weight excluding hydrogens is 342 g/mol. The molecule has 2 rings (SSSR count). The van der Waals surface area contributed by atoms with E-state index in [2.05, 4.69) is 0 Å². The first-order valence-electron chi connectivity index (χ1n) is 5.70. The number of benzene rings is 2. The summed E-state index contributed by atoms with van der Waals surface area (Å²) in [4.78, 5) is 12.3. The van der Waals surface area contributed by atoms with Crippen molar-refractivity contribution in [1.82, 2.24) is 0 Å². The highest BCUT2D eigenvalue weighted by atomic mass is 127. The average molecular weight is 354 g/mol. The van der Waals surface area contributed by atoms with Gasteiger partial charge >= 0.3 is 0 Å². The summed E-state index contributed by atoms with van der Waals surface area (Å²) in [6.45, 7) is 2.05. The molecule has 0 saturated carbocycles. The highest BCUT2D eigenvalue weighted by molar-refractivity contribution is 14.1. The van der Waals surface area contributed by atoms with Gasteiger partial charge in [0.1, 0.15) is 5.82 Å². The minimum Gasteiger partial charge on any atom is -0.289 e. The van der Waals surface area contributed by atoms with E-state index in [1.807, 2.05) is 47.7 Å². The van der Waals surface area contributed by atoms with Gasteiger partial charge in [-0.05, 0) is 58.8 Å². The first-order chi connectivity index (χ1) is 8.61. The van der Waals surface area contributed by atoms with E-state index in [1.165, 1.54) is 18.2 Å². The first kappa shape index (κ1) is 13.2. The predicted molar refractivity (Wildman–Crippen MR) is 78.4 cm³/mol. The third kappa shape index (κ3) is 2.77. The minimum absolute atomic E-state index is 0.0605. The summed E-state index contributed by atoms with van der Waals surface area (Å²) in [7, 11) is 0. The van der Waals surface area contributed by atoms with Crippen molar-refractivity contribution in [3.63, 3.8) is 0 Å². The standard InChI is InChI=1S/C15H12FIO/c1-2-10-4-3-5-11(8-10)15(18)13-7-6-12(16)9-14(13)17/h3-9H,2H2,1H3. The van der Waals surface area contributed by atoms with Gasteiger partial charge in [-0.1, -0.05) is 25.1 Å².